The molecule has 0 fully saturated rings. The van der Waals surface area contributed by atoms with Gasteiger partial charge in [0.05, 0.1) is 0 Å². The summed E-state index contributed by atoms with van der Waals surface area (Å²) in [6, 6.07) is 8.17. The Morgan fingerprint density at radius 1 is 1.00 bits per heavy atom. The maximum absolute atomic E-state index is 3.73. The van der Waals surface area contributed by atoms with Crippen molar-refractivity contribution in [3.63, 3.8) is 0 Å². The first-order valence-electron chi connectivity index (χ1n) is 7.94. The van der Waals surface area contributed by atoms with E-state index >= 15 is 0 Å². The molecule has 19 heavy (non-hydrogen) atoms. The molecule has 0 radical (unpaired) electrons. The van der Waals surface area contributed by atoms with E-state index < -0.39 is 0 Å². The van der Waals surface area contributed by atoms with E-state index in [-0.39, 0.29) is 0 Å². The summed E-state index contributed by atoms with van der Waals surface area (Å²) in [4.78, 5) is 0. The average Bonchev–Trinajstić information content (AvgIpc) is 2.37. The van der Waals surface area contributed by atoms with Crippen LogP contribution in [0.5, 0.6) is 0 Å². The molecule has 1 N–H and O–H groups in total. The Morgan fingerprint density at radius 3 is 2.37 bits per heavy atom. The van der Waals surface area contributed by atoms with Crippen LogP contribution in [0.3, 0.4) is 0 Å². The lowest BCUT2D eigenvalue weighted by Gasteiger charge is -2.24. The third-order valence-electron chi connectivity index (χ3n) is 4.23. The monoisotopic (exact) mass is 259 g/mol. The zero-order valence-electron chi connectivity index (χ0n) is 13.0. The highest BCUT2D eigenvalue weighted by Gasteiger charge is 2.14. The van der Waals surface area contributed by atoms with Gasteiger partial charge in [0.1, 0.15) is 0 Å². The van der Waals surface area contributed by atoms with Crippen LogP contribution in [-0.2, 0) is 12.8 Å². The highest BCUT2D eigenvalue weighted by atomic mass is 14.9. The molecule has 0 spiro atoms. The van der Waals surface area contributed by atoms with E-state index in [9.17, 15) is 0 Å². The Labute approximate surface area is 118 Å². The van der Waals surface area contributed by atoms with Gasteiger partial charge in [-0.1, -0.05) is 32.0 Å². The molecule has 1 heteroatoms. The van der Waals surface area contributed by atoms with E-state index in [1.54, 1.807) is 11.1 Å². The summed E-state index contributed by atoms with van der Waals surface area (Å²) in [7, 11) is 0. The van der Waals surface area contributed by atoms with Crippen molar-refractivity contribution in [3.05, 3.63) is 34.9 Å². The Kier molecular flexibility index (Phi) is 5.04. The van der Waals surface area contributed by atoms with Crippen LogP contribution in [-0.4, -0.2) is 6.04 Å². The first-order chi connectivity index (χ1) is 9.06. The van der Waals surface area contributed by atoms with Gasteiger partial charge in [0.2, 0.25) is 0 Å². The van der Waals surface area contributed by atoms with E-state index in [0.29, 0.717) is 12.1 Å². The van der Waals surface area contributed by atoms with Crippen LogP contribution in [0.25, 0.3) is 0 Å². The van der Waals surface area contributed by atoms with Crippen molar-refractivity contribution >= 4 is 0 Å². The van der Waals surface area contributed by atoms with Gasteiger partial charge in [-0.25, -0.2) is 0 Å². The average molecular weight is 259 g/mol. The molecule has 1 nitrogen and oxygen atoms in total. The maximum Gasteiger partial charge on any atom is 0.0294 e. The normalized spacial score (nSPS) is 18.2. The van der Waals surface area contributed by atoms with E-state index in [2.05, 4.69) is 51.2 Å². The fraction of sp³-hybridized carbons (Fsp3) is 0.667. The van der Waals surface area contributed by atoms with Crippen molar-refractivity contribution in [2.24, 2.45) is 5.92 Å². The van der Waals surface area contributed by atoms with Crippen LogP contribution in [0.2, 0.25) is 0 Å². The molecule has 1 aliphatic carbocycles. The number of rotatable bonds is 5. The summed E-state index contributed by atoms with van der Waals surface area (Å²) in [6.07, 6.45) is 6.53. The topological polar surface area (TPSA) is 12.0 Å². The second-order valence-corrected chi connectivity index (χ2v) is 6.65. The molecule has 0 heterocycles. The third-order valence-corrected chi connectivity index (χ3v) is 4.23. The van der Waals surface area contributed by atoms with Gasteiger partial charge in [-0.2, -0.15) is 0 Å². The fourth-order valence-electron chi connectivity index (χ4n) is 3.32. The molecular weight excluding hydrogens is 230 g/mol. The summed E-state index contributed by atoms with van der Waals surface area (Å²) < 4.78 is 0. The number of fused-ring (bicyclic) bond motifs is 1. The van der Waals surface area contributed by atoms with Crippen LogP contribution in [0.1, 0.15) is 69.7 Å². The maximum atomic E-state index is 3.73. The van der Waals surface area contributed by atoms with Gasteiger partial charge in [0.25, 0.3) is 0 Å². The Morgan fingerprint density at radius 2 is 1.68 bits per heavy atom. The number of aryl methyl sites for hydroxylation is 2. The summed E-state index contributed by atoms with van der Waals surface area (Å²) in [5.74, 6) is 0.762. The quantitative estimate of drug-likeness (QED) is 0.811. The second-order valence-electron chi connectivity index (χ2n) is 6.65. The van der Waals surface area contributed by atoms with E-state index in [0.717, 1.165) is 5.92 Å². The zero-order valence-corrected chi connectivity index (χ0v) is 13.0. The summed E-state index contributed by atoms with van der Waals surface area (Å²) in [5.41, 5.74) is 4.63. The smallest absolute Gasteiger partial charge is 0.0294 e. The molecular formula is C18H29N. The molecule has 0 bridgehead atoms. The van der Waals surface area contributed by atoms with Gasteiger partial charge in [-0.3, -0.25) is 0 Å². The van der Waals surface area contributed by atoms with Crippen molar-refractivity contribution in [1.82, 2.24) is 5.32 Å². The lowest BCUT2D eigenvalue weighted by molar-refractivity contribution is 0.406. The third kappa shape index (κ3) is 4.07. The highest BCUT2D eigenvalue weighted by molar-refractivity contribution is 5.35. The predicted molar refractivity (Wildman–Crippen MR) is 83.6 cm³/mol. The first-order valence-corrected chi connectivity index (χ1v) is 7.94. The summed E-state index contributed by atoms with van der Waals surface area (Å²) >= 11 is 0. The Bertz CT molecular complexity index is 408. The van der Waals surface area contributed by atoms with Crippen LogP contribution in [0.15, 0.2) is 18.2 Å². The van der Waals surface area contributed by atoms with Gasteiger partial charge >= 0.3 is 0 Å². The molecule has 2 rings (SSSR count). The molecule has 0 aromatic heterocycles. The SMILES string of the molecule is CC(C)CC(C)NC(C)c1ccc2c(c1)CCCC2. The molecule has 2 unspecified atom stereocenters. The van der Waals surface area contributed by atoms with Crippen LogP contribution in [0.4, 0.5) is 0 Å². The van der Waals surface area contributed by atoms with Crippen molar-refractivity contribution in [2.45, 2.75) is 71.9 Å². The molecule has 0 aliphatic heterocycles. The van der Waals surface area contributed by atoms with Gasteiger partial charge < -0.3 is 5.32 Å². The second kappa shape index (κ2) is 6.56. The lowest BCUT2D eigenvalue weighted by Crippen LogP contribution is -2.30. The molecule has 0 saturated heterocycles. The number of hydrogen-bond donors (Lipinski definition) is 1. The number of hydrogen-bond acceptors (Lipinski definition) is 1. The predicted octanol–water partition coefficient (Wildman–Crippen LogP) is 4.65. The van der Waals surface area contributed by atoms with E-state index in [1.807, 2.05) is 0 Å². The Hall–Kier alpha value is -0.820. The highest BCUT2D eigenvalue weighted by Crippen LogP contribution is 2.25. The van der Waals surface area contributed by atoms with Crippen LogP contribution in [0, 0.1) is 5.92 Å². The van der Waals surface area contributed by atoms with Crippen LogP contribution < -0.4 is 5.32 Å². The number of nitrogens with one attached hydrogen (secondary N) is 1. The van der Waals surface area contributed by atoms with Gasteiger partial charge in [-0.15, -0.1) is 0 Å². The standard InChI is InChI=1S/C18H29N/c1-13(2)11-14(3)19-15(4)17-10-9-16-7-5-6-8-18(16)12-17/h9-10,12-15,19H,5-8,11H2,1-4H3. The molecule has 1 aromatic rings. The lowest BCUT2D eigenvalue weighted by atomic mass is 9.89. The summed E-state index contributed by atoms with van der Waals surface area (Å²) in [6.45, 7) is 9.18. The van der Waals surface area contributed by atoms with E-state index in [4.69, 9.17) is 0 Å². The first kappa shape index (κ1) is 14.6. The summed E-state index contributed by atoms with van der Waals surface area (Å²) in [5, 5.41) is 3.73. The number of benzene rings is 1. The van der Waals surface area contributed by atoms with E-state index in [1.165, 1.54) is 37.7 Å². The van der Waals surface area contributed by atoms with Gasteiger partial charge in [0.15, 0.2) is 0 Å². The molecule has 2 atom stereocenters. The molecule has 1 aromatic carbocycles. The van der Waals surface area contributed by atoms with Gasteiger partial charge in [-0.05, 0) is 68.6 Å². The van der Waals surface area contributed by atoms with Crippen molar-refractivity contribution in [2.75, 3.05) is 0 Å². The molecule has 106 valence electrons. The van der Waals surface area contributed by atoms with Crippen molar-refractivity contribution in [3.8, 4) is 0 Å². The fourth-order valence-corrected chi connectivity index (χ4v) is 3.32. The zero-order chi connectivity index (χ0) is 13.8. The molecule has 1 aliphatic rings. The van der Waals surface area contributed by atoms with Crippen molar-refractivity contribution in [1.29, 1.82) is 0 Å². The van der Waals surface area contributed by atoms with Crippen LogP contribution >= 0.6 is 0 Å². The minimum atomic E-state index is 0.459. The molecule has 0 amide bonds. The Balaban J connectivity index is 2.00. The van der Waals surface area contributed by atoms with Gasteiger partial charge in [0, 0.05) is 12.1 Å². The minimum absolute atomic E-state index is 0.459. The largest absolute Gasteiger partial charge is 0.308 e. The minimum Gasteiger partial charge on any atom is -0.308 e. The molecule has 0 saturated carbocycles. The van der Waals surface area contributed by atoms with Crippen molar-refractivity contribution < 1.29 is 0 Å².